The molecule has 0 aromatic heterocycles. The van der Waals surface area contributed by atoms with E-state index in [1.54, 1.807) is 6.92 Å². The van der Waals surface area contributed by atoms with E-state index in [4.69, 9.17) is 5.73 Å². The molecule has 1 heterocycles. The summed E-state index contributed by atoms with van der Waals surface area (Å²) in [4.78, 5) is 11.3. The molecular weight excluding hydrogens is 166 g/mol. The van der Waals surface area contributed by atoms with Gasteiger partial charge in [0.15, 0.2) is 0 Å². The number of hydrogen-bond donors (Lipinski definition) is 3. The van der Waals surface area contributed by atoms with Crippen LogP contribution in [0.2, 0.25) is 0 Å². The molecule has 4 N–H and O–H groups in total. The molecule has 1 amide bonds. The maximum Gasteiger partial charge on any atom is 0.236 e. The quantitative estimate of drug-likeness (QED) is 0.548. The maximum absolute atomic E-state index is 11.3. The minimum absolute atomic E-state index is 0.0550. The van der Waals surface area contributed by atoms with Gasteiger partial charge in [-0.15, -0.1) is 0 Å². The van der Waals surface area contributed by atoms with E-state index in [0.29, 0.717) is 6.04 Å². The minimum atomic E-state index is -0.408. The molecule has 0 spiro atoms. The van der Waals surface area contributed by atoms with Crippen molar-refractivity contribution < 1.29 is 4.79 Å². The van der Waals surface area contributed by atoms with Crippen LogP contribution in [0.5, 0.6) is 0 Å². The van der Waals surface area contributed by atoms with Crippen LogP contribution in [0, 0.1) is 0 Å². The van der Waals surface area contributed by atoms with E-state index in [2.05, 4.69) is 17.6 Å². The highest BCUT2D eigenvalue weighted by Crippen LogP contribution is 2.07. The Morgan fingerprint density at radius 1 is 1.69 bits per heavy atom. The highest BCUT2D eigenvalue weighted by Gasteiger charge is 2.22. The summed E-state index contributed by atoms with van der Waals surface area (Å²) in [5.41, 5.74) is 5.47. The van der Waals surface area contributed by atoms with E-state index in [9.17, 15) is 4.79 Å². The second-order valence-electron chi connectivity index (χ2n) is 3.79. The monoisotopic (exact) mass is 185 g/mol. The van der Waals surface area contributed by atoms with E-state index < -0.39 is 6.04 Å². The van der Waals surface area contributed by atoms with Gasteiger partial charge in [0.05, 0.1) is 6.04 Å². The van der Waals surface area contributed by atoms with Gasteiger partial charge in [0, 0.05) is 12.1 Å². The van der Waals surface area contributed by atoms with Crippen LogP contribution < -0.4 is 16.4 Å². The zero-order valence-electron chi connectivity index (χ0n) is 8.34. The van der Waals surface area contributed by atoms with E-state index in [1.807, 2.05) is 0 Å². The Labute approximate surface area is 79.3 Å². The highest BCUT2D eigenvalue weighted by atomic mass is 16.2. The molecule has 0 aromatic carbocycles. The number of hydrogen-bond acceptors (Lipinski definition) is 3. The van der Waals surface area contributed by atoms with Crippen LogP contribution in [0.3, 0.4) is 0 Å². The van der Waals surface area contributed by atoms with Gasteiger partial charge >= 0.3 is 0 Å². The summed E-state index contributed by atoms with van der Waals surface area (Å²) >= 11 is 0. The Kier molecular flexibility index (Phi) is 3.69. The first kappa shape index (κ1) is 10.5. The Morgan fingerprint density at radius 3 is 2.92 bits per heavy atom. The van der Waals surface area contributed by atoms with Crippen molar-refractivity contribution in [3.05, 3.63) is 0 Å². The standard InChI is InChI=1S/C9H19N3O/c1-6(10)9(13)12-8-4-3-5-11-7(8)2/h6-8,11H,3-5,10H2,1-2H3,(H,12,13)/t6-,7?,8?/m1/s1. The SMILES string of the molecule is CC1NCCCC1NC(=O)[C@@H](C)N. The van der Waals surface area contributed by atoms with Crippen LogP contribution in [0.15, 0.2) is 0 Å². The molecule has 76 valence electrons. The zero-order valence-corrected chi connectivity index (χ0v) is 8.34. The fourth-order valence-corrected chi connectivity index (χ4v) is 1.56. The highest BCUT2D eigenvalue weighted by molar-refractivity contribution is 5.81. The van der Waals surface area contributed by atoms with Gasteiger partial charge in [-0.2, -0.15) is 0 Å². The largest absolute Gasteiger partial charge is 0.350 e. The molecule has 1 aliphatic rings. The van der Waals surface area contributed by atoms with Crippen molar-refractivity contribution in [2.24, 2.45) is 5.73 Å². The smallest absolute Gasteiger partial charge is 0.236 e. The van der Waals surface area contributed by atoms with Crippen molar-refractivity contribution in [3.8, 4) is 0 Å². The fraction of sp³-hybridized carbons (Fsp3) is 0.889. The number of amides is 1. The molecule has 0 bridgehead atoms. The van der Waals surface area contributed by atoms with E-state index >= 15 is 0 Å². The molecule has 3 atom stereocenters. The van der Waals surface area contributed by atoms with E-state index in [-0.39, 0.29) is 11.9 Å². The molecule has 1 aliphatic heterocycles. The van der Waals surface area contributed by atoms with Crippen LogP contribution in [0.4, 0.5) is 0 Å². The molecule has 13 heavy (non-hydrogen) atoms. The van der Waals surface area contributed by atoms with E-state index in [1.165, 1.54) is 0 Å². The number of nitrogens with one attached hydrogen (secondary N) is 2. The zero-order chi connectivity index (χ0) is 9.84. The molecule has 0 aliphatic carbocycles. The van der Waals surface area contributed by atoms with Crippen LogP contribution in [0.1, 0.15) is 26.7 Å². The second kappa shape index (κ2) is 4.58. The first-order chi connectivity index (χ1) is 6.11. The van der Waals surface area contributed by atoms with Gasteiger partial charge in [-0.25, -0.2) is 0 Å². The number of piperidine rings is 1. The molecule has 0 aromatic rings. The number of carbonyl (C=O) groups excluding carboxylic acids is 1. The average molecular weight is 185 g/mol. The van der Waals surface area contributed by atoms with Crippen molar-refractivity contribution in [2.45, 2.75) is 44.8 Å². The predicted octanol–water partition coefficient (Wildman–Crippen LogP) is -0.410. The fourth-order valence-electron chi connectivity index (χ4n) is 1.56. The third-order valence-corrected chi connectivity index (χ3v) is 2.50. The molecule has 4 heteroatoms. The molecule has 0 saturated carbocycles. The second-order valence-corrected chi connectivity index (χ2v) is 3.79. The first-order valence-electron chi connectivity index (χ1n) is 4.90. The van der Waals surface area contributed by atoms with Crippen LogP contribution >= 0.6 is 0 Å². The summed E-state index contributed by atoms with van der Waals surface area (Å²) in [6, 6.07) is 0.192. The van der Waals surface area contributed by atoms with Gasteiger partial charge in [0.25, 0.3) is 0 Å². The normalized spacial score (nSPS) is 31.0. The number of nitrogens with two attached hydrogens (primary N) is 1. The lowest BCUT2D eigenvalue weighted by atomic mass is 9.99. The number of carbonyl (C=O) groups is 1. The van der Waals surface area contributed by atoms with Crippen molar-refractivity contribution in [1.29, 1.82) is 0 Å². The molecule has 1 rings (SSSR count). The molecule has 1 saturated heterocycles. The Balaban J connectivity index is 2.38. The van der Waals surface area contributed by atoms with Gasteiger partial charge in [0.2, 0.25) is 5.91 Å². The van der Waals surface area contributed by atoms with Crippen molar-refractivity contribution in [3.63, 3.8) is 0 Å². The molecule has 2 unspecified atom stereocenters. The van der Waals surface area contributed by atoms with Crippen LogP contribution in [0.25, 0.3) is 0 Å². The van der Waals surface area contributed by atoms with Crippen molar-refractivity contribution >= 4 is 5.91 Å². The molecule has 4 nitrogen and oxygen atoms in total. The first-order valence-corrected chi connectivity index (χ1v) is 4.90. The Hall–Kier alpha value is -0.610. The summed E-state index contributed by atoms with van der Waals surface area (Å²) in [5.74, 6) is -0.0550. The van der Waals surface area contributed by atoms with Gasteiger partial charge in [-0.05, 0) is 33.2 Å². The lowest BCUT2D eigenvalue weighted by Gasteiger charge is -2.31. The molecule has 0 radical (unpaired) electrons. The predicted molar refractivity (Wildman–Crippen MR) is 52.3 cm³/mol. The van der Waals surface area contributed by atoms with Gasteiger partial charge < -0.3 is 16.4 Å². The summed E-state index contributed by atoms with van der Waals surface area (Å²) in [6.45, 7) is 4.84. The van der Waals surface area contributed by atoms with Gasteiger partial charge in [0.1, 0.15) is 0 Å². The summed E-state index contributed by atoms with van der Waals surface area (Å²) in [5, 5.41) is 6.26. The van der Waals surface area contributed by atoms with Crippen LogP contribution in [-0.4, -0.2) is 30.6 Å². The van der Waals surface area contributed by atoms with Crippen molar-refractivity contribution in [2.75, 3.05) is 6.54 Å². The van der Waals surface area contributed by atoms with Gasteiger partial charge in [-0.1, -0.05) is 0 Å². The average Bonchev–Trinajstić information content (AvgIpc) is 2.08. The van der Waals surface area contributed by atoms with Crippen LogP contribution in [-0.2, 0) is 4.79 Å². The topological polar surface area (TPSA) is 67.1 Å². The van der Waals surface area contributed by atoms with E-state index in [0.717, 1.165) is 19.4 Å². The Bertz CT molecular complexity index is 182. The number of rotatable bonds is 2. The third-order valence-electron chi connectivity index (χ3n) is 2.50. The van der Waals surface area contributed by atoms with Crippen molar-refractivity contribution in [1.82, 2.24) is 10.6 Å². The summed E-state index contributed by atoms with van der Waals surface area (Å²) < 4.78 is 0. The van der Waals surface area contributed by atoms with Gasteiger partial charge in [-0.3, -0.25) is 4.79 Å². The third kappa shape index (κ3) is 2.97. The summed E-state index contributed by atoms with van der Waals surface area (Å²) in [7, 11) is 0. The lowest BCUT2D eigenvalue weighted by molar-refractivity contribution is -0.123. The lowest BCUT2D eigenvalue weighted by Crippen LogP contribution is -2.54. The minimum Gasteiger partial charge on any atom is -0.350 e. The summed E-state index contributed by atoms with van der Waals surface area (Å²) in [6.07, 6.45) is 2.17. The maximum atomic E-state index is 11.3. The molecular formula is C9H19N3O. The Morgan fingerprint density at radius 2 is 2.38 bits per heavy atom. The molecule has 1 fully saturated rings.